The minimum Gasteiger partial charge on any atom is -0.489 e. The van der Waals surface area contributed by atoms with Crippen molar-refractivity contribution in [3.63, 3.8) is 0 Å². The fourth-order valence-electron chi connectivity index (χ4n) is 6.07. The predicted octanol–water partition coefficient (Wildman–Crippen LogP) is 0.755. The maximum Gasteiger partial charge on any atom is 0.261 e. The van der Waals surface area contributed by atoms with Crippen LogP contribution in [-0.2, 0) is 20.6 Å². The van der Waals surface area contributed by atoms with E-state index in [0.29, 0.717) is 24.1 Å². The number of hydrogen-bond acceptors (Lipinski definition) is 15. The van der Waals surface area contributed by atoms with E-state index in [1.54, 1.807) is 6.92 Å². The van der Waals surface area contributed by atoms with Gasteiger partial charge in [0.2, 0.25) is 12.0 Å². The molecular formula is C37H57NO14. The Morgan fingerprint density at radius 3 is 1.94 bits per heavy atom. The number of aromatic nitrogens is 1. The highest BCUT2D eigenvalue weighted by Crippen LogP contribution is 2.41. The molecule has 15 nitrogen and oxygen atoms in total. The van der Waals surface area contributed by atoms with Gasteiger partial charge in [0.25, 0.3) is 5.88 Å². The second kappa shape index (κ2) is 19.9. The Morgan fingerprint density at radius 1 is 0.827 bits per heavy atom. The van der Waals surface area contributed by atoms with Crippen molar-refractivity contribution < 1.29 is 69.3 Å². The average molecular weight is 740 g/mol. The number of aliphatic hydroxyl groups excluding tert-OH is 8. The van der Waals surface area contributed by atoms with E-state index in [4.69, 9.17) is 28.4 Å². The third kappa shape index (κ3) is 10.4. The van der Waals surface area contributed by atoms with Crippen molar-refractivity contribution in [2.45, 2.75) is 122 Å². The standard InChI is InChI=1S/C37H57NO14/c1-9-20(4)32(51-36-30(45)28(43)26(41)24(16-39)49-36)21(5)15-19(3)12-10-11-18(2)13-14-23-22(6)33(34(47-7)35(38-23)48-8)52-37-31(46)29(44)27(42)25(17-40)50-37/h9-10,12-13,15,21,24-32,36-37,39-46H,11,14,16-17H2,1-8H3/b12-10+,18-13+,19-15+,20-9+/t21-,24-,25-,26-,27-,28+,29?,30-,31-,32+,36+,37-/m1/s1. The van der Waals surface area contributed by atoms with Gasteiger partial charge in [-0.2, -0.15) is 0 Å². The molecule has 2 aliphatic rings. The van der Waals surface area contributed by atoms with Gasteiger partial charge < -0.3 is 69.3 Å². The normalized spacial score (nSPS) is 31.8. The van der Waals surface area contributed by atoms with Crippen LogP contribution in [0.4, 0.5) is 0 Å². The summed E-state index contributed by atoms with van der Waals surface area (Å²) < 4.78 is 34.2. The molecule has 0 radical (unpaired) electrons. The summed E-state index contributed by atoms with van der Waals surface area (Å²) in [5.41, 5.74) is 4.03. The Morgan fingerprint density at radius 2 is 1.40 bits per heavy atom. The Balaban J connectivity index is 1.73. The van der Waals surface area contributed by atoms with Crippen LogP contribution in [0.25, 0.3) is 0 Å². The van der Waals surface area contributed by atoms with Crippen molar-refractivity contribution >= 4 is 0 Å². The molecule has 2 aliphatic heterocycles. The number of nitrogens with zero attached hydrogens (tertiary/aromatic N) is 1. The molecule has 0 amide bonds. The van der Waals surface area contributed by atoms with Gasteiger partial charge in [-0.3, -0.25) is 0 Å². The first-order valence-corrected chi connectivity index (χ1v) is 17.3. The first-order valence-electron chi connectivity index (χ1n) is 17.3. The zero-order chi connectivity index (χ0) is 38.9. The lowest BCUT2D eigenvalue weighted by Crippen LogP contribution is -2.60. The molecule has 2 fully saturated rings. The highest BCUT2D eigenvalue weighted by Gasteiger charge is 2.46. The van der Waals surface area contributed by atoms with Crippen molar-refractivity contribution in [2.75, 3.05) is 27.4 Å². The fraction of sp³-hybridized carbons (Fsp3) is 0.649. The van der Waals surface area contributed by atoms with Gasteiger partial charge in [0.1, 0.15) is 48.8 Å². The SMILES string of the molecule is C/C=C(\C)[C@H](O[C@@H]1O[C@H](CO)[C@@H](O)[C@H](O)[C@H]1O)[C@H](C)/C=C(C)/C=C/C/C(C)=C/Cc1nc(OC)c(OC)c(O[C@H]2O[C@H](CO)[C@@H](O)C(O)[C@H]2O)c1C. The zero-order valence-corrected chi connectivity index (χ0v) is 31.1. The summed E-state index contributed by atoms with van der Waals surface area (Å²) in [6.45, 7) is 10.3. The lowest BCUT2D eigenvalue weighted by Gasteiger charge is -2.41. The Kier molecular flexibility index (Phi) is 16.7. The van der Waals surface area contributed by atoms with Crippen LogP contribution in [0.1, 0.15) is 52.3 Å². The van der Waals surface area contributed by atoms with Crippen LogP contribution in [0.2, 0.25) is 0 Å². The number of pyridine rings is 1. The fourth-order valence-corrected chi connectivity index (χ4v) is 6.07. The molecular weight excluding hydrogens is 682 g/mol. The lowest BCUT2D eigenvalue weighted by molar-refractivity contribution is -0.310. The topological polar surface area (TPSA) is 230 Å². The molecule has 0 bridgehead atoms. The summed E-state index contributed by atoms with van der Waals surface area (Å²) in [6.07, 6.45) is -3.79. The average Bonchev–Trinajstić information content (AvgIpc) is 3.13. The molecule has 8 N–H and O–H groups in total. The van der Waals surface area contributed by atoms with Crippen LogP contribution in [0.3, 0.4) is 0 Å². The number of ether oxygens (including phenoxy) is 6. The number of rotatable bonds is 16. The quantitative estimate of drug-likeness (QED) is 0.0864. The first kappa shape index (κ1) is 43.5. The van der Waals surface area contributed by atoms with Crippen molar-refractivity contribution in [1.82, 2.24) is 4.98 Å². The van der Waals surface area contributed by atoms with Gasteiger partial charge in [0.05, 0.1) is 39.2 Å². The van der Waals surface area contributed by atoms with E-state index < -0.39 is 80.7 Å². The molecule has 1 unspecified atom stereocenters. The number of aliphatic hydroxyl groups is 8. The van der Waals surface area contributed by atoms with E-state index in [1.165, 1.54) is 14.2 Å². The van der Waals surface area contributed by atoms with Gasteiger partial charge in [-0.25, -0.2) is 4.98 Å². The van der Waals surface area contributed by atoms with E-state index >= 15 is 0 Å². The summed E-state index contributed by atoms with van der Waals surface area (Å²) in [4.78, 5) is 4.60. The Bertz CT molecular complexity index is 1430. The maximum absolute atomic E-state index is 10.6. The second-order valence-electron chi connectivity index (χ2n) is 13.3. The van der Waals surface area contributed by atoms with Crippen molar-refractivity contribution in [3.05, 3.63) is 58.4 Å². The molecule has 1 aromatic heterocycles. The molecule has 3 rings (SSSR count). The van der Waals surface area contributed by atoms with Gasteiger partial charge in [0.15, 0.2) is 12.0 Å². The highest BCUT2D eigenvalue weighted by molar-refractivity contribution is 5.54. The van der Waals surface area contributed by atoms with Crippen LogP contribution in [0.15, 0.2) is 47.1 Å². The number of methoxy groups -OCH3 is 2. The summed E-state index contributed by atoms with van der Waals surface area (Å²) in [7, 11) is 2.83. The van der Waals surface area contributed by atoms with Gasteiger partial charge in [-0.1, -0.05) is 48.5 Å². The molecule has 52 heavy (non-hydrogen) atoms. The largest absolute Gasteiger partial charge is 0.489 e. The zero-order valence-electron chi connectivity index (χ0n) is 31.1. The lowest BCUT2D eigenvalue weighted by atomic mass is 9.94. The van der Waals surface area contributed by atoms with Crippen LogP contribution < -0.4 is 14.2 Å². The van der Waals surface area contributed by atoms with E-state index in [1.807, 2.05) is 65.0 Å². The molecule has 0 saturated carbocycles. The molecule has 294 valence electrons. The van der Waals surface area contributed by atoms with E-state index in [0.717, 1.165) is 16.7 Å². The number of allylic oxidation sites excluding steroid dienone is 6. The molecule has 12 atom stereocenters. The molecule has 0 spiro atoms. The molecule has 0 aromatic carbocycles. The van der Waals surface area contributed by atoms with Gasteiger partial charge in [-0.15, -0.1) is 0 Å². The molecule has 15 heteroatoms. The monoisotopic (exact) mass is 739 g/mol. The van der Waals surface area contributed by atoms with Crippen LogP contribution in [0, 0.1) is 12.8 Å². The third-order valence-corrected chi connectivity index (χ3v) is 9.39. The molecule has 1 aromatic rings. The van der Waals surface area contributed by atoms with Crippen molar-refractivity contribution in [2.24, 2.45) is 5.92 Å². The van der Waals surface area contributed by atoms with Gasteiger partial charge in [0, 0.05) is 17.9 Å². The summed E-state index contributed by atoms with van der Waals surface area (Å²) in [6, 6.07) is 0. The van der Waals surface area contributed by atoms with E-state index in [9.17, 15) is 40.9 Å². The minimum atomic E-state index is -1.62. The number of hydrogen-bond donors (Lipinski definition) is 8. The van der Waals surface area contributed by atoms with Gasteiger partial charge in [-0.05, 0) is 46.6 Å². The highest BCUT2D eigenvalue weighted by atomic mass is 16.7. The predicted molar refractivity (Wildman–Crippen MR) is 189 cm³/mol. The van der Waals surface area contributed by atoms with Crippen molar-refractivity contribution in [1.29, 1.82) is 0 Å². The summed E-state index contributed by atoms with van der Waals surface area (Å²) >= 11 is 0. The van der Waals surface area contributed by atoms with E-state index in [-0.39, 0.29) is 23.3 Å². The maximum atomic E-state index is 10.6. The first-order chi connectivity index (χ1) is 24.6. The van der Waals surface area contributed by atoms with Crippen LogP contribution in [0.5, 0.6) is 17.4 Å². The van der Waals surface area contributed by atoms with Crippen LogP contribution in [-0.4, -0.2) is 141 Å². The molecule has 0 aliphatic carbocycles. The summed E-state index contributed by atoms with van der Waals surface area (Å²) in [5.74, 6) is 0.261. The Labute approximate surface area is 305 Å². The third-order valence-electron chi connectivity index (χ3n) is 9.39. The van der Waals surface area contributed by atoms with Gasteiger partial charge >= 0.3 is 0 Å². The van der Waals surface area contributed by atoms with Crippen molar-refractivity contribution in [3.8, 4) is 17.4 Å². The molecule has 3 heterocycles. The summed E-state index contributed by atoms with van der Waals surface area (Å²) in [5, 5.41) is 81.0. The van der Waals surface area contributed by atoms with Crippen LogP contribution >= 0.6 is 0 Å². The smallest absolute Gasteiger partial charge is 0.261 e. The molecule has 2 saturated heterocycles. The van der Waals surface area contributed by atoms with E-state index in [2.05, 4.69) is 4.98 Å². The minimum absolute atomic E-state index is 0.130. The Hall–Kier alpha value is -2.93. The second-order valence-corrected chi connectivity index (χ2v) is 13.3.